The summed E-state index contributed by atoms with van der Waals surface area (Å²) in [5.41, 5.74) is 1.50. The van der Waals surface area contributed by atoms with Crippen molar-refractivity contribution in [2.45, 2.75) is 12.8 Å². The third kappa shape index (κ3) is 5.66. The van der Waals surface area contributed by atoms with Gasteiger partial charge in [0.05, 0.1) is 19.9 Å². The quantitative estimate of drug-likeness (QED) is 0.521. The molecule has 178 valence electrons. The summed E-state index contributed by atoms with van der Waals surface area (Å²) in [4.78, 5) is 31.6. The highest BCUT2D eigenvalue weighted by molar-refractivity contribution is 7.14. The summed E-state index contributed by atoms with van der Waals surface area (Å²) in [5.74, 6) is 1.73. The van der Waals surface area contributed by atoms with Gasteiger partial charge in [-0.05, 0) is 43.2 Å². The average Bonchev–Trinajstić information content (AvgIpc) is 3.35. The molecule has 34 heavy (non-hydrogen) atoms. The van der Waals surface area contributed by atoms with Crippen LogP contribution in [0.4, 0.5) is 5.13 Å². The Bertz CT molecular complexity index is 1130. The first-order valence-electron chi connectivity index (χ1n) is 11.0. The number of amides is 2. The van der Waals surface area contributed by atoms with Crippen LogP contribution in [0.2, 0.25) is 0 Å². The fourth-order valence-corrected chi connectivity index (χ4v) is 4.53. The zero-order valence-electron chi connectivity index (χ0n) is 19.2. The molecule has 9 heteroatoms. The summed E-state index contributed by atoms with van der Waals surface area (Å²) >= 11 is 1.36. The lowest BCUT2D eigenvalue weighted by atomic mass is 9.96. The second-order valence-corrected chi connectivity index (χ2v) is 8.71. The summed E-state index contributed by atoms with van der Waals surface area (Å²) in [5, 5.41) is 5.33. The highest BCUT2D eigenvalue weighted by Crippen LogP contribution is 2.35. The van der Waals surface area contributed by atoms with Gasteiger partial charge in [0.1, 0.15) is 17.2 Å². The maximum absolute atomic E-state index is 12.8. The molecular formula is C25H27N3O5S. The van der Waals surface area contributed by atoms with Crippen LogP contribution in [0.15, 0.2) is 53.9 Å². The van der Waals surface area contributed by atoms with Crippen molar-refractivity contribution in [1.82, 2.24) is 9.88 Å². The largest absolute Gasteiger partial charge is 0.497 e. The molecule has 0 bridgehead atoms. The lowest BCUT2D eigenvalue weighted by molar-refractivity contribution is -0.136. The van der Waals surface area contributed by atoms with Crippen LogP contribution in [0.1, 0.15) is 12.8 Å². The summed E-state index contributed by atoms with van der Waals surface area (Å²) in [6, 6.07) is 14.8. The molecule has 0 saturated carbocycles. The number of ether oxygens (including phenoxy) is 3. The van der Waals surface area contributed by atoms with E-state index in [1.165, 1.54) is 11.3 Å². The zero-order chi connectivity index (χ0) is 23.9. The predicted molar refractivity (Wildman–Crippen MR) is 131 cm³/mol. The number of hydrogen-bond donors (Lipinski definition) is 1. The van der Waals surface area contributed by atoms with Crippen molar-refractivity contribution in [2.24, 2.45) is 5.92 Å². The molecule has 1 saturated heterocycles. The van der Waals surface area contributed by atoms with E-state index in [1.807, 2.05) is 53.9 Å². The number of carbonyl (C=O) groups is 2. The van der Waals surface area contributed by atoms with Crippen molar-refractivity contribution in [1.29, 1.82) is 0 Å². The Morgan fingerprint density at radius 1 is 1.06 bits per heavy atom. The molecule has 8 nitrogen and oxygen atoms in total. The van der Waals surface area contributed by atoms with E-state index in [1.54, 1.807) is 19.1 Å². The lowest BCUT2D eigenvalue weighted by Gasteiger charge is -2.31. The smallest absolute Gasteiger partial charge is 0.260 e. The number of benzene rings is 2. The monoisotopic (exact) mass is 481 g/mol. The van der Waals surface area contributed by atoms with E-state index >= 15 is 0 Å². The lowest BCUT2D eigenvalue weighted by Crippen LogP contribution is -2.43. The number of nitrogens with one attached hydrogen (secondary N) is 1. The number of rotatable bonds is 8. The van der Waals surface area contributed by atoms with Crippen molar-refractivity contribution in [3.63, 3.8) is 0 Å². The fourth-order valence-electron chi connectivity index (χ4n) is 3.82. The Labute approximate surface area is 202 Å². The van der Waals surface area contributed by atoms with Gasteiger partial charge in [-0.3, -0.25) is 9.59 Å². The number of hydrogen-bond acceptors (Lipinski definition) is 7. The maximum atomic E-state index is 12.8. The van der Waals surface area contributed by atoms with Crippen LogP contribution >= 0.6 is 11.3 Å². The van der Waals surface area contributed by atoms with Gasteiger partial charge in [0.2, 0.25) is 5.91 Å². The molecule has 1 aliphatic rings. The molecule has 0 spiro atoms. The van der Waals surface area contributed by atoms with Gasteiger partial charge in [0.15, 0.2) is 11.7 Å². The third-order valence-corrected chi connectivity index (χ3v) is 6.50. The van der Waals surface area contributed by atoms with E-state index in [9.17, 15) is 9.59 Å². The van der Waals surface area contributed by atoms with Gasteiger partial charge in [0, 0.05) is 30.0 Å². The van der Waals surface area contributed by atoms with Crippen LogP contribution in [-0.4, -0.2) is 55.6 Å². The molecular weight excluding hydrogens is 454 g/mol. The molecule has 0 radical (unpaired) electrons. The Morgan fingerprint density at radius 3 is 2.53 bits per heavy atom. The Hall–Kier alpha value is -3.59. The van der Waals surface area contributed by atoms with Gasteiger partial charge in [-0.25, -0.2) is 4.98 Å². The molecule has 1 fully saturated rings. The molecule has 3 aromatic rings. The second-order valence-electron chi connectivity index (χ2n) is 7.85. The van der Waals surface area contributed by atoms with E-state index in [0.29, 0.717) is 54.0 Å². The molecule has 2 heterocycles. The van der Waals surface area contributed by atoms with Crippen LogP contribution in [0.3, 0.4) is 0 Å². The Kier molecular flexibility index (Phi) is 7.64. The summed E-state index contributed by atoms with van der Waals surface area (Å²) in [6.45, 7) is 1.05. The SMILES string of the molecule is COc1ccc(OC)c(-c2csc(NC(=O)C3CCN(C(=O)COc4ccccc4)CC3)n2)c1. The first-order chi connectivity index (χ1) is 16.6. The number of carbonyl (C=O) groups excluding carboxylic acids is 2. The fraction of sp³-hybridized carbons (Fsp3) is 0.320. The number of thiazole rings is 1. The van der Waals surface area contributed by atoms with Crippen LogP contribution < -0.4 is 19.5 Å². The Morgan fingerprint density at radius 2 is 1.82 bits per heavy atom. The Balaban J connectivity index is 1.29. The standard InChI is InChI=1S/C25H27N3O5S/c1-31-19-8-9-22(32-2)20(14-19)21-16-34-25(26-21)27-24(30)17-10-12-28(13-11-17)23(29)15-33-18-6-4-3-5-7-18/h3-9,14,16-17H,10-13,15H2,1-2H3,(H,26,27,30). The number of likely N-dealkylation sites (tertiary alicyclic amines) is 1. The van der Waals surface area contributed by atoms with Gasteiger partial charge >= 0.3 is 0 Å². The minimum atomic E-state index is -0.169. The van der Waals surface area contributed by atoms with Gasteiger partial charge in [-0.15, -0.1) is 11.3 Å². The molecule has 2 aromatic carbocycles. The van der Waals surface area contributed by atoms with E-state index in [2.05, 4.69) is 10.3 Å². The maximum Gasteiger partial charge on any atom is 0.260 e. The van der Waals surface area contributed by atoms with Crippen LogP contribution in [0, 0.1) is 5.92 Å². The first-order valence-corrected chi connectivity index (χ1v) is 11.9. The summed E-state index contributed by atoms with van der Waals surface area (Å²) in [6.07, 6.45) is 1.20. The van der Waals surface area contributed by atoms with Crippen LogP contribution in [0.25, 0.3) is 11.3 Å². The zero-order valence-corrected chi connectivity index (χ0v) is 20.0. The number of anilines is 1. The van der Waals surface area contributed by atoms with E-state index in [-0.39, 0.29) is 24.3 Å². The van der Waals surface area contributed by atoms with Crippen molar-refractivity contribution in [2.75, 3.05) is 39.2 Å². The van der Waals surface area contributed by atoms with Crippen molar-refractivity contribution >= 4 is 28.3 Å². The molecule has 1 aliphatic heterocycles. The molecule has 2 amide bonds. The summed E-state index contributed by atoms with van der Waals surface area (Å²) < 4.78 is 16.3. The number of nitrogens with zero attached hydrogens (tertiary/aromatic N) is 2. The molecule has 1 aromatic heterocycles. The first kappa shape index (κ1) is 23.6. The second kappa shape index (κ2) is 11.0. The average molecular weight is 482 g/mol. The predicted octanol–water partition coefficient (Wildman–Crippen LogP) is 4.08. The molecule has 4 rings (SSSR count). The van der Waals surface area contributed by atoms with E-state index in [4.69, 9.17) is 14.2 Å². The van der Waals surface area contributed by atoms with Crippen LogP contribution in [-0.2, 0) is 9.59 Å². The van der Waals surface area contributed by atoms with Crippen molar-refractivity contribution in [3.8, 4) is 28.5 Å². The molecule has 1 N–H and O–H groups in total. The topological polar surface area (TPSA) is 90.0 Å². The molecule has 0 atom stereocenters. The van der Waals surface area contributed by atoms with Gasteiger partial charge in [0.25, 0.3) is 5.91 Å². The normalized spacial score (nSPS) is 13.9. The highest BCUT2D eigenvalue weighted by Gasteiger charge is 2.28. The third-order valence-electron chi connectivity index (χ3n) is 5.74. The van der Waals surface area contributed by atoms with E-state index in [0.717, 1.165) is 5.56 Å². The minimum absolute atomic E-state index is 0.00347. The van der Waals surface area contributed by atoms with E-state index < -0.39 is 0 Å². The molecule has 0 unspecified atom stereocenters. The highest BCUT2D eigenvalue weighted by atomic mass is 32.1. The van der Waals surface area contributed by atoms with Crippen LogP contribution in [0.5, 0.6) is 17.2 Å². The van der Waals surface area contributed by atoms with Crippen molar-refractivity contribution < 1.29 is 23.8 Å². The summed E-state index contributed by atoms with van der Waals surface area (Å²) in [7, 11) is 3.21. The van der Waals surface area contributed by atoms with Gasteiger partial charge in [-0.1, -0.05) is 18.2 Å². The van der Waals surface area contributed by atoms with Gasteiger partial charge < -0.3 is 24.4 Å². The van der Waals surface area contributed by atoms with Gasteiger partial charge in [-0.2, -0.15) is 0 Å². The molecule has 0 aliphatic carbocycles. The number of piperidine rings is 1. The number of methoxy groups -OCH3 is 2. The minimum Gasteiger partial charge on any atom is -0.497 e. The van der Waals surface area contributed by atoms with Crippen molar-refractivity contribution in [3.05, 3.63) is 53.9 Å². The number of aromatic nitrogens is 1. The number of para-hydroxylation sites is 1.